The Kier molecular flexibility index (Phi) is 4.44. The molecule has 2 heterocycles. The van der Waals surface area contributed by atoms with Crippen LogP contribution in [-0.2, 0) is 22.9 Å². The molecule has 0 atom stereocenters. The van der Waals surface area contributed by atoms with Gasteiger partial charge in [0.15, 0.2) is 5.78 Å². The van der Waals surface area contributed by atoms with Crippen LogP contribution in [0.3, 0.4) is 0 Å². The van der Waals surface area contributed by atoms with E-state index in [1.165, 1.54) is 6.92 Å². The maximum atomic E-state index is 13.0. The van der Waals surface area contributed by atoms with Crippen LogP contribution in [0.1, 0.15) is 46.6 Å². The van der Waals surface area contributed by atoms with Gasteiger partial charge in [-0.05, 0) is 43.4 Å². The Labute approximate surface area is 149 Å². The largest absolute Gasteiger partial charge is 0.492 e. The van der Waals surface area contributed by atoms with E-state index in [-0.39, 0.29) is 17.7 Å². The predicted molar refractivity (Wildman–Crippen MR) is 90.2 cm³/mol. The predicted octanol–water partition coefficient (Wildman–Crippen LogP) is 2.79. The van der Waals surface area contributed by atoms with Crippen molar-refractivity contribution in [3.8, 4) is 0 Å². The highest BCUT2D eigenvalue weighted by Gasteiger charge is 2.40. The van der Waals surface area contributed by atoms with Crippen molar-refractivity contribution >= 4 is 18.4 Å². The first-order valence-electron chi connectivity index (χ1n) is 8.05. The summed E-state index contributed by atoms with van der Waals surface area (Å²) in [6, 6.07) is 5.97. The summed E-state index contributed by atoms with van der Waals surface area (Å²) in [7, 11) is -1.09. The van der Waals surface area contributed by atoms with Gasteiger partial charge in [-0.25, -0.2) is 0 Å². The molecule has 0 unspecified atom stereocenters. The van der Waals surface area contributed by atoms with Crippen LogP contribution in [0.2, 0.25) is 0 Å². The fraction of sp³-hybridized carbons (Fsp3) is 0.333. The zero-order valence-corrected chi connectivity index (χ0v) is 14.5. The maximum Gasteiger partial charge on any atom is 0.492 e. The molecule has 0 aliphatic carbocycles. The Morgan fingerprint density at radius 2 is 2.00 bits per heavy atom. The summed E-state index contributed by atoms with van der Waals surface area (Å²) in [6.07, 6.45) is -3.50. The van der Waals surface area contributed by atoms with Gasteiger partial charge in [-0.1, -0.05) is 18.2 Å². The van der Waals surface area contributed by atoms with Gasteiger partial charge < -0.3 is 9.68 Å². The highest BCUT2D eigenvalue weighted by atomic mass is 19.4. The Morgan fingerprint density at radius 3 is 2.65 bits per heavy atom. The third-order valence-corrected chi connectivity index (χ3v) is 4.52. The number of aromatic nitrogens is 1. The highest BCUT2D eigenvalue weighted by molar-refractivity contribution is 6.62. The third kappa shape index (κ3) is 3.39. The number of Topliss-reactive ketones (excluding diaryl/α,β-unsaturated/α-hetero) is 1. The summed E-state index contributed by atoms with van der Waals surface area (Å²) in [4.78, 5) is 16.1. The van der Waals surface area contributed by atoms with Crippen LogP contribution >= 0.6 is 0 Å². The molecule has 1 N–H and O–H groups in total. The van der Waals surface area contributed by atoms with E-state index in [1.54, 1.807) is 18.2 Å². The maximum absolute atomic E-state index is 13.0. The van der Waals surface area contributed by atoms with Crippen molar-refractivity contribution in [2.24, 2.45) is 0 Å². The first-order valence-corrected chi connectivity index (χ1v) is 8.05. The average Bonchev–Trinajstić information content (AvgIpc) is 2.75. The molecule has 26 heavy (non-hydrogen) atoms. The lowest BCUT2D eigenvalue weighted by Gasteiger charge is -2.19. The van der Waals surface area contributed by atoms with Gasteiger partial charge in [0.25, 0.3) is 0 Å². The smallest absolute Gasteiger partial charge is 0.423 e. The minimum Gasteiger partial charge on any atom is -0.423 e. The summed E-state index contributed by atoms with van der Waals surface area (Å²) in [6.45, 7) is 4.90. The monoisotopic (exact) mass is 363 g/mol. The van der Waals surface area contributed by atoms with Crippen molar-refractivity contribution in [1.82, 2.24) is 4.98 Å². The molecular formula is C18H17BF3NO3. The Bertz CT molecular complexity index is 880. The van der Waals surface area contributed by atoms with Gasteiger partial charge in [-0.15, -0.1) is 0 Å². The van der Waals surface area contributed by atoms with Gasteiger partial charge in [-0.2, -0.15) is 13.2 Å². The number of benzene rings is 1. The lowest BCUT2D eigenvalue weighted by atomic mass is 9.77. The molecule has 0 spiro atoms. The Balaban J connectivity index is 1.87. The first-order chi connectivity index (χ1) is 12.0. The van der Waals surface area contributed by atoms with Crippen LogP contribution < -0.4 is 5.46 Å². The summed E-state index contributed by atoms with van der Waals surface area (Å²) in [5.74, 6) is -0.476. The van der Waals surface area contributed by atoms with E-state index in [0.29, 0.717) is 11.0 Å². The van der Waals surface area contributed by atoms with E-state index in [2.05, 4.69) is 4.98 Å². The summed E-state index contributed by atoms with van der Waals surface area (Å²) in [5, 5.41) is 10.0. The van der Waals surface area contributed by atoms with Gasteiger partial charge >= 0.3 is 13.3 Å². The molecule has 4 nitrogen and oxygen atoms in total. The molecular weight excluding hydrogens is 346 g/mol. The van der Waals surface area contributed by atoms with E-state index in [9.17, 15) is 23.0 Å². The number of pyridine rings is 1. The number of hydrogen-bond acceptors (Lipinski definition) is 4. The van der Waals surface area contributed by atoms with Crippen molar-refractivity contribution < 1.29 is 27.6 Å². The second-order valence-electron chi connectivity index (χ2n) is 6.86. The van der Waals surface area contributed by atoms with E-state index in [0.717, 1.165) is 17.8 Å². The van der Waals surface area contributed by atoms with Gasteiger partial charge in [0.05, 0.1) is 11.2 Å². The number of alkyl halides is 3. The van der Waals surface area contributed by atoms with Crippen LogP contribution in [0.5, 0.6) is 0 Å². The molecule has 8 heteroatoms. The van der Waals surface area contributed by atoms with Gasteiger partial charge in [0.1, 0.15) is 0 Å². The van der Waals surface area contributed by atoms with Crippen LogP contribution in [0.25, 0.3) is 0 Å². The molecule has 2 aromatic rings. The van der Waals surface area contributed by atoms with E-state index in [4.69, 9.17) is 4.65 Å². The van der Waals surface area contributed by atoms with Gasteiger partial charge in [-0.3, -0.25) is 9.78 Å². The molecule has 136 valence electrons. The lowest BCUT2D eigenvalue weighted by Crippen LogP contribution is -2.29. The molecule has 0 radical (unpaired) electrons. The number of carbonyl (C=O) groups is 1. The van der Waals surface area contributed by atoms with Gasteiger partial charge in [0.2, 0.25) is 0 Å². The minimum atomic E-state index is -4.56. The van der Waals surface area contributed by atoms with E-state index >= 15 is 0 Å². The Morgan fingerprint density at radius 1 is 1.31 bits per heavy atom. The number of nitrogens with zero attached hydrogens (tertiary/aromatic N) is 1. The molecule has 3 rings (SSSR count). The minimum absolute atomic E-state index is 0.0948. The number of fused-ring (bicyclic) bond motifs is 1. The molecule has 1 aliphatic rings. The van der Waals surface area contributed by atoms with Crippen molar-refractivity contribution in [1.29, 1.82) is 0 Å². The lowest BCUT2D eigenvalue weighted by molar-refractivity contribution is -0.138. The molecule has 0 bridgehead atoms. The number of hydrogen-bond donors (Lipinski definition) is 1. The SMILES string of the molecule is Cc1ncc(C(=O)Cc2ccc3c(c2)B(O)OC3(C)C)cc1C(F)(F)F. The van der Waals surface area contributed by atoms with E-state index in [1.807, 2.05) is 13.8 Å². The van der Waals surface area contributed by atoms with Crippen molar-refractivity contribution in [2.75, 3.05) is 0 Å². The molecule has 0 saturated carbocycles. The normalized spacial score (nSPS) is 15.9. The second-order valence-corrected chi connectivity index (χ2v) is 6.86. The van der Waals surface area contributed by atoms with Gasteiger partial charge in [0, 0.05) is 23.9 Å². The number of ketones is 1. The summed E-state index contributed by atoms with van der Waals surface area (Å²) >= 11 is 0. The first kappa shape index (κ1) is 18.6. The van der Waals surface area contributed by atoms with Crippen LogP contribution in [0, 0.1) is 6.92 Å². The molecule has 0 fully saturated rings. The number of halogens is 3. The van der Waals surface area contributed by atoms with E-state index < -0.39 is 30.2 Å². The topological polar surface area (TPSA) is 59.4 Å². The molecule has 0 saturated heterocycles. The number of aryl methyl sites for hydroxylation is 1. The fourth-order valence-electron chi connectivity index (χ4n) is 3.14. The third-order valence-electron chi connectivity index (χ3n) is 4.52. The molecule has 1 aromatic heterocycles. The number of carbonyl (C=O) groups excluding carboxylic acids is 1. The molecule has 1 aromatic carbocycles. The second kappa shape index (κ2) is 6.21. The van der Waals surface area contributed by atoms with Crippen LogP contribution in [0.4, 0.5) is 13.2 Å². The molecule has 1 aliphatic heterocycles. The van der Waals surface area contributed by atoms with Crippen LogP contribution in [0.15, 0.2) is 30.5 Å². The van der Waals surface area contributed by atoms with Crippen LogP contribution in [-0.4, -0.2) is 22.9 Å². The fourth-order valence-corrected chi connectivity index (χ4v) is 3.14. The summed E-state index contributed by atoms with van der Waals surface area (Å²) in [5.41, 5.74) is 0.149. The van der Waals surface area contributed by atoms with Crippen molar-refractivity contribution in [3.63, 3.8) is 0 Å². The summed E-state index contributed by atoms with van der Waals surface area (Å²) < 4.78 is 44.4. The highest BCUT2D eigenvalue weighted by Crippen LogP contribution is 2.32. The standard InChI is InChI=1S/C18H17BF3NO3/c1-10-14(18(20,21)22)8-12(9-23-10)16(24)7-11-4-5-13-15(6-11)19(25)26-17(13,2)3/h4-6,8-9,25H,7H2,1-3H3. The quantitative estimate of drug-likeness (QED) is 0.673. The molecule has 0 amide bonds. The Hall–Kier alpha value is -2.19. The van der Waals surface area contributed by atoms with Crippen molar-refractivity contribution in [3.05, 3.63) is 58.4 Å². The zero-order chi connectivity index (χ0) is 19.3. The number of rotatable bonds is 3. The van der Waals surface area contributed by atoms with Crippen molar-refractivity contribution in [2.45, 2.75) is 39.0 Å². The average molecular weight is 363 g/mol. The zero-order valence-electron chi connectivity index (χ0n) is 14.5.